The summed E-state index contributed by atoms with van der Waals surface area (Å²) in [6, 6.07) is 0. The minimum absolute atomic E-state index is 0.0696. The molecular weight excluding hydrogens is 240 g/mol. The van der Waals surface area contributed by atoms with Gasteiger partial charge in [-0.25, -0.2) is 0 Å². The molecule has 112 valence electrons. The molecule has 5 nitrogen and oxygen atoms in total. The zero-order valence-corrected chi connectivity index (χ0v) is 13.1. The Hall–Kier alpha value is -1.26. The highest BCUT2D eigenvalue weighted by atomic mass is 16.2. The molecule has 0 rings (SSSR count). The maximum Gasteiger partial charge on any atom is 0.225 e. The van der Waals surface area contributed by atoms with Crippen molar-refractivity contribution in [1.82, 2.24) is 16.0 Å². The predicted octanol–water partition coefficient (Wildman–Crippen LogP) is 1.50. The van der Waals surface area contributed by atoms with E-state index in [0.717, 1.165) is 18.9 Å². The third-order valence-electron chi connectivity index (χ3n) is 2.68. The molecule has 3 N–H and O–H groups in total. The Morgan fingerprint density at radius 3 is 2.11 bits per heavy atom. The van der Waals surface area contributed by atoms with Crippen molar-refractivity contribution in [3.63, 3.8) is 0 Å². The summed E-state index contributed by atoms with van der Waals surface area (Å²) >= 11 is 0. The van der Waals surface area contributed by atoms with E-state index in [1.54, 1.807) is 7.05 Å². The van der Waals surface area contributed by atoms with Crippen LogP contribution in [0.5, 0.6) is 0 Å². The lowest BCUT2D eigenvalue weighted by atomic mass is 9.96. The molecule has 0 aliphatic rings. The second-order valence-corrected chi connectivity index (χ2v) is 5.64. The maximum atomic E-state index is 11.6. The van der Waals surface area contributed by atoms with E-state index in [1.807, 2.05) is 20.8 Å². The molecule has 19 heavy (non-hydrogen) atoms. The summed E-state index contributed by atoms with van der Waals surface area (Å²) in [5, 5.41) is 9.32. The number of guanidine groups is 1. The lowest BCUT2D eigenvalue weighted by Gasteiger charge is -2.18. The summed E-state index contributed by atoms with van der Waals surface area (Å²) in [4.78, 5) is 15.8. The van der Waals surface area contributed by atoms with Crippen LogP contribution in [0.25, 0.3) is 0 Å². The molecule has 0 heterocycles. The topological polar surface area (TPSA) is 65.5 Å². The molecule has 0 unspecified atom stereocenters. The van der Waals surface area contributed by atoms with Gasteiger partial charge >= 0.3 is 0 Å². The summed E-state index contributed by atoms with van der Waals surface area (Å²) in [6.07, 6.45) is 3.59. The number of carbonyl (C=O) groups is 1. The number of hydrogen-bond donors (Lipinski definition) is 3. The predicted molar refractivity (Wildman–Crippen MR) is 81.4 cm³/mol. The summed E-state index contributed by atoms with van der Waals surface area (Å²) in [6.45, 7) is 10.1. The first kappa shape index (κ1) is 17.7. The van der Waals surface area contributed by atoms with Gasteiger partial charge in [-0.3, -0.25) is 9.79 Å². The Morgan fingerprint density at radius 1 is 1.00 bits per heavy atom. The third kappa shape index (κ3) is 9.33. The van der Waals surface area contributed by atoms with Gasteiger partial charge < -0.3 is 16.0 Å². The summed E-state index contributed by atoms with van der Waals surface area (Å²) in [5.74, 6) is 0.862. The van der Waals surface area contributed by atoms with Crippen LogP contribution in [0.15, 0.2) is 4.99 Å². The Bertz CT molecular complexity index is 282. The smallest absolute Gasteiger partial charge is 0.225 e. The third-order valence-corrected chi connectivity index (χ3v) is 2.68. The van der Waals surface area contributed by atoms with Crippen LogP contribution in [-0.2, 0) is 4.79 Å². The van der Waals surface area contributed by atoms with E-state index in [4.69, 9.17) is 0 Å². The number of nitrogens with zero attached hydrogens (tertiary/aromatic N) is 1. The first-order valence-electron chi connectivity index (χ1n) is 7.14. The fraction of sp³-hybridized carbons (Fsp3) is 0.857. The molecular formula is C14H30N4O. The molecule has 5 heteroatoms. The van der Waals surface area contributed by atoms with Crippen molar-refractivity contribution >= 4 is 11.9 Å². The van der Waals surface area contributed by atoms with Gasteiger partial charge in [0.2, 0.25) is 5.91 Å². The van der Waals surface area contributed by atoms with Gasteiger partial charge in [0.1, 0.15) is 0 Å². The number of unbranched alkanes of at least 4 members (excludes halogenated alkanes) is 2. The Kier molecular flexibility index (Phi) is 9.00. The van der Waals surface area contributed by atoms with Crippen molar-refractivity contribution in [2.45, 2.75) is 47.0 Å². The SMILES string of the molecule is CCCCCNC(=NC)NCCNC(=O)C(C)(C)C. The first-order valence-corrected chi connectivity index (χ1v) is 7.14. The molecule has 0 bridgehead atoms. The van der Waals surface area contributed by atoms with Crippen LogP contribution < -0.4 is 16.0 Å². The largest absolute Gasteiger partial charge is 0.356 e. The number of amides is 1. The minimum atomic E-state index is -0.333. The second kappa shape index (κ2) is 9.64. The summed E-state index contributed by atoms with van der Waals surface area (Å²) in [5.41, 5.74) is -0.333. The lowest BCUT2D eigenvalue weighted by molar-refractivity contribution is -0.128. The highest BCUT2D eigenvalue weighted by Crippen LogP contribution is 2.11. The molecule has 0 aliphatic heterocycles. The number of rotatable bonds is 7. The monoisotopic (exact) mass is 270 g/mol. The molecule has 0 aromatic rings. The number of nitrogens with one attached hydrogen (secondary N) is 3. The molecule has 0 saturated heterocycles. The molecule has 0 aliphatic carbocycles. The zero-order chi connectivity index (χ0) is 14.7. The van der Waals surface area contributed by atoms with Gasteiger partial charge in [0, 0.05) is 32.1 Å². The van der Waals surface area contributed by atoms with Crippen LogP contribution in [0.2, 0.25) is 0 Å². The van der Waals surface area contributed by atoms with Crippen LogP contribution in [0.1, 0.15) is 47.0 Å². The fourth-order valence-electron chi connectivity index (χ4n) is 1.42. The number of carbonyl (C=O) groups excluding carboxylic acids is 1. The first-order chi connectivity index (χ1) is 8.91. The fourth-order valence-corrected chi connectivity index (χ4v) is 1.42. The van der Waals surface area contributed by atoms with E-state index in [-0.39, 0.29) is 11.3 Å². The van der Waals surface area contributed by atoms with Crippen LogP contribution in [-0.4, -0.2) is 38.5 Å². The van der Waals surface area contributed by atoms with Gasteiger partial charge in [-0.2, -0.15) is 0 Å². The van der Waals surface area contributed by atoms with Gasteiger partial charge in [0.25, 0.3) is 0 Å². The van der Waals surface area contributed by atoms with Crippen LogP contribution in [0.3, 0.4) is 0 Å². The van der Waals surface area contributed by atoms with Crippen molar-refractivity contribution in [3.8, 4) is 0 Å². The van der Waals surface area contributed by atoms with Gasteiger partial charge in [0.15, 0.2) is 5.96 Å². The minimum Gasteiger partial charge on any atom is -0.356 e. The molecule has 0 aromatic carbocycles. The average Bonchev–Trinajstić information content (AvgIpc) is 2.35. The molecule has 0 aromatic heterocycles. The van der Waals surface area contributed by atoms with E-state index >= 15 is 0 Å². The van der Waals surface area contributed by atoms with Gasteiger partial charge in [-0.1, -0.05) is 40.5 Å². The number of aliphatic imine (C=N–C) groups is 1. The molecule has 0 radical (unpaired) electrons. The van der Waals surface area contributed by atoms with Crippen LogP contribution >= 0.6 is 0 Å². The van der Waals surface area contributed by atoms with Crippen molar-refractivity contribution in [1.29, 1.82) is 0 Å². The van der Waals surface area contributed by atoms with Gasteiger partial charge in [-0.15, -0.1) is 0 Å². The van der Waals surface area contributed by atoms with Crippen LogP contribution in [0, 0.1) is 5.41 Å². The summed E-state index contributed by atoms with van der Waals surface area (Å²) < 4.78 is 0. The molecule has 0 atom stereocenters. The van der Waals surface area contributed by atoms with Crippen molar-refractivity contribution in [2.75, 3.05) is 26.7 Å². The Morgan fingerprint density at radius 2 is 1.58 bits per heavy atom. The van der Waals surface area contributed by atoms with Gasteiger partial charge in [-0.05, 0) is 6.42 Å². The van der Waals surface area contributed by atoms with Crippen molar-refractivity contribution < 1.29 is 4.79 Å². The highest BCUT2D eigenvalue weighted by Gasteiger charge is 2.20. The van der Waals surface area contributed by atoms with Crippen LogP contribution in [0.4, 0.5) is 0 Å². The standard InChI is InChI=1S/C14H30N4O/c1-6-7-8-9-17-13(15-5)18-11-10-16-12(19)14(2,3)4/h6-11H2,1-5H3,(H,16,19)(H2,15,17,18). The van der Waals surface area contributed by atoms with Crippen molar-refractivity contribution in [2.24, 2.45) is 10.4 Å². The molecule has 0 saturated carbocycles. The highest BCUT2D eigenvalue weighted by molar-refractivity contribution is 5.81. The van der Waals surface area contributed by atoms with Crippen molar-refractivity contribution in [3.05, 3.63) is 0 Å². The average molecular weight is 270 g/mol. The number of hydrogen-bond acceptors (Lipinski definition) is 2. The van der Waals surface area contributed by atoms with E-state index in [0.29, 0.717) is 13.1 Å². The maximum absolute atomic E-state index is 11.6. The van der Waals surface area contributed by atoms with Gasteiger partial charge in [0.05, 0.1) is 0 Å². The lowest BCUT2D eigenvalue weighted by Crippen LogP contribution is -2.43. The summed E-state index contributed by atoms with van der Waals surface area (Å²) in [7, 11) is 1.75. The van der Waals surface area contributed by atoms with E-state index in [9.17, 15) is 4.79 Å². The normalized spacial score (nSPS) is 12.2. The van der Waals surface area contributed by atoms with E-state index in [2.05, 4.69) is 27.9 Å². The quantitative estimate of drug-likeness (QED) is 0.373. The molecule has 0 spiro atoms. The second-order valence-electron chi connectivity index (χ2n) is 5.64. The van der Waals surface area contributed by atoms with E-state index in [1.165, 1.54) is 12.8 Å². The van der Waals surface area contributed by atoms with E-state index < -0.39 is 0 Å². The Labute approximate surface area is 117 Å². The molecule has 1 amide bonds. The Balaban J connectivity index is 3.71. The zero-order valence-electron chi connectivity index (χ0n) is 13.1. The molecule has 0 fully saturated rings.